The highest BCUT2D eigenvalue weighted by Crippen LogP contribution is 2.34. The van der Waals surface area contributed by atoms with E-state index in [1.807, 2.05) is 24.3 Å². The summed E-state index contributed by atoms with van der Waals surface area (Å²) >= 11 is 0. The molecule has 1 atom stereocenters. The average Bonchev–Trinajstić information content (AvgIpc) is 3.43. The van der Waals surface area contributed by atoms with Crippen molar-refractivity contribution in [2.45, 2.75) is 19.0 Å². The number of aromatic nitrogens is 6. The molecule has 1 unspecified atom stereocenters. The quantitative estimate of drug-likeness (QED) is 0.549. The Morgan fingerprint density at radius 1 is 1.28 bits per heavy atom. The smallest absolute Gasteiger partial charge is 0.334 e. The molecule has 1 amide bonds. The molecule has 0 radical (unpaired) electrons. The minimum Gasteiger partial charge on any atom is -0.382 e. The third-order valence-electron chi connectivity index (χ3n) is 5.01. The van der Waals surface area contributed by atoms with E-state index in [0.29, 0.717) is 29.0 Å². The van der Waals surface area contributed by atoms with Crippen molar-refractivity contribution in [2.75, 3.05) is 12.3 Å². The van der Waals surface area contributed by atoms with E-state index in [0.717, 1.165) is 17.3 Å². The number of carbonyl (C=O) groups is 1. The number of rotatable bonds is 3. The van der Waals surface area contributed by atoms with Crippen LogP contribution in [0, 0.1) is 0 Å². The molecule has 0 spiro atoms. The second-order valence-electron chi connectivity index (χ2n) is 6.73. The second-order valence-corrected chi connectivity index (χ2v) is 6.73. The number of nitrogens with two attached hydrogens (primary N) is 1. The number of fused-ring (bicyclic) bond motifs is 2. The van der Waals surface area contributed by atoms with Crippen molar-refractivity contribution >= 4 is 17.2 Å². The van der Waals surface area contributed by atoms with Gasteiger partial charge in [0.2, 0.25) is 0 Å². The number of anilines is 1. The maximum absolute atomic E-state index is 13.4. The van der Waals surface area contributed by atoms with Gasteiger partial charge in [0, 0.05) is 30.9 Å². The summed E-state index contributed by atoms with van der Waals surface area (Å²) in [6.45, 7) is -2.67. The SMILES string of the molecule is Nc1cc(C(=O)N2CCc3[nH]cnc3C2c2cc3ccccn3n2)n(C(F)F)n1. The molecule has 0 aromatic carbocycles. The van der Waals surface area contributed by atoms with E-state index >= 15 is 0 Å². The van der Waals surface area contributed by atoms with Gasteiger partial charge in [-0.2, -0.15) is 18.6 Å². The molecule has 4 aromatic rings. The standard InChI is InChI=1S/C18H16F2N8O/c19-18(20)28-13(8-14(21)25-28)17(29)26-6-4-11-15(23-9-22-11)16(26)12-7-10-3-1-2-5-27(10)24-12/h1-3,5,7-9,16,18H,4,6H2,(H2,21,25)(H,22,23). The average molecular weight is 398 g/mol. The fraction of sp³-hybridized carbons (Fsp3) is 0.222. The summed E-state index contributed by atoms with van der Waals surface area (Å²) in [6, 6.07) is 8.01. The van der Waals surface area contributed by atoms with Crippen LogP contribution >= 0.6 is 0 Å². The van der Waals surface area contributed by atoms with Gasteiger partial charge in [-0.15, -0.1) is 5.10 Å². The molecule has 4 aromatic heterocycles. The zero-order chi connectivity index (χ0) is 20.1. The van der Waals surface area contributed by atoms with Gasteiger partial charge in [0.05, 0.1) is 23.2 Å². The van der Waals surface area contributed by atoms with Crippen molar-refractivity contribution in [1.82, 2.24) is 34.3 Å². The first-order valence-electron chi connectivity index (χ1n) is 8.93. The molecule has 0 aliphatic carbocycles. The monoisotopic (exact) mass is 398 g/mol. The summed E-state index contributed by atoms with van der Waals surface area (Å²) < 4.78 is 28.8. The predicted molar refractivity (Wildman–Crippen MR) is 98.3 cm³/mol. The molecule has 0 fully saturated rings. The third-order valence-corrected chi connectivity index (χ3v) is 5.01. The van der Waals surface area contributed by atoms with Gasteiger partial charge in [-0.1, -0.05) is 6.07 Å². The summed E-state index contributed by atoms with van der Waals surface area (Å²) in [5, 5.41) is 8.13. The van der Waals surface area contributed by atoms with Crippen LogP contribution in [0.3, 0.4) is 0 Å². The highest BCUT2D eigenvalue weighted by Gasteiger charge is 2.38. The molecular formula is C18H16F2N8O. The van der Waals surface area contributed by atoms with Crippen molar-refractivity contribution in [1.29, 1.82) is 0 Å². The van der Waals surface area contributed by atoms with Crippen LogP contribution in [0.1, 0.15) is 40.2 Å². The number of nitrogens with zero attached hydrogens (tertiary/aromatic N) is 6. The topological polar surface area (TPSA) is 110 Å². The van der Waals surface area contributed by atoms with E-state index in [4.69, 9.17) is 5.73 Å². The predicted octanol–water partition coefficient (Wildman–Crippen LogP) is 2.02. The van der Waals surface area contributed by atoms with Crippen LogP contribution in [0.5, 0.6) is 0 Å². The molecule has 9 nitrogen and oxygen atoms in total. The van der Waals surface area contributed by atoms with Crippen molar-refractivity contribution < 1.29 is 13.6 Å². The zero-order valence-electron chi connectivity index (χ0n) is 15.0. The largest absolute Gasteiger partial charge is 0.382 e. The van der Waals surface area contributed by atoms with Crippen LogP contribution < -0.4 is 5.73 Å². The Bertz CT molecular complexity index is 1180. The summed E-state index contributed by atoms with van der Waals surface area (Å²) in [5.74, 6) is -0.749. The van der Waals surface area contributed by atoms with E-state index < -0.39 is 18.5 Å². The lowest BCUT2D eigenvalue weighted by atomic mass is 9.99. The van der Waals surface area contributed by atoms with Crippen molar-refractivity contribution in [3.05, 3.63) is 65.6 Å². The summed E-state index contributed by atoms with van der Waals surface area (Å²) in [6.07, 6.45) is 3.87. The highest BCUT2D eigenvalue weighted by atomic mass is 19.3. The Balaban J connectivity index is 1.62. The second kappa shape index (κ2) is 6.40. The van der Waals surface area contributed by atoms with Gasteiger partial charge in [-0.05, 0) is 18.2 Å². The van der Waals surface area contributed by atoms with Gasteiger partial charge in [0.15, 0.2) is 0 Å². The fourth-order valence-corrected chi connectivity index (χ4v) is 3.76. The molecule has 5 rings (SSSR count). The molecule has 1 aliphatic rings. The maximum atomic E-state index is 13.4. The summed E-state index contributed by atoms with van der Waals surface area (Å²) in [4.78, 5) is 22.2. The Morgan fingerprint density at radius 2 is 2.14 bits per heavy atom. The van der Waals surface area contributed by atoms with Crippen molar-refractivity contribution in [2.24, 2.45) is 0 Å². The van der Waals surface area contributed by atoms with Crippen molar-refractivity contribution in [3.8, 4) is 0 Å². The number of alkyl halides is 2. The highest BCUT2D eigenvalue weighted by molar-refractivity contribution is 5.94. The van der Waals surface area contributed by atoms with Crippen LogP contribution in [0.2, 0.25) is 0 Å². The number of aromatic amines is 1. The number of carbonyl (C=O) groups excluding carboxylic acids is 1. The normalized spacial score (nSPS) is 16.5. The van der Waals surface area contributed by atoms with E-state index in [1.54, 1.807) is 17.0 Å². The van der Waals surface area contributed by atoms with E-state index in [1.165, 1.54) is 4.90 Å². The number of hydrogen-bond acceptors (Lipinski definition) is 5. The lowest BCUT2D eigenvalue weighted by Crippen LogP contribution is -2.41. The van der Waals surface area contributed by atoms with Gasteiger partial charge in [0.25, 0.3) is 5.91 Å². The number of halogens is 2. The van der Waals surface area contributed by atoms with Crippen LogP contribution in [0.25, 0.3) is 5.52 Å². The van der Waals surface area contributed by atoms with E-state index in [-0.39, 0.29) is 11.5 Å². The maximum Gasteiger partial charge on any atom is 0.334 e. The molecule has 1 aliphatic heterocycles. The first-order chi connectivity index (χ1) is 14.0. The fourth-order valence-electron chi connectivity index (χ4n) is 3.76. The van der Waals surface area contributed by atoms with Crippen molar-refractivity contribution in [3.63, 3.8) is 0 Å². The molecule has 29 heavy (non-hydrogen) atoms. The van der Waals surface area contributed by atoms with Crippen LogP contribution in [0.15, 0.2) is 42.9 Å². The zero-order valence-corrected chi connectivity index (χ0v) is 15.0. The minimum atomic E-state index is -2.98. The lowest BCUT2D eigenvalue weighted by molar-refractivity contribution is 0.0443. The molecule has 5 heterocycles. The van der Waals surface area contributed by atoms with Crippen LogP contribution in [-0.4, -0.2) is 46.7 Å². The number of H-pyrrole nitrogens is 1. The first-order valence-corrected chi connectivity index (χ1v) is 8.93. The van der Waals surface area contributed by atoms with E-state index in [2.05, 4.69) is 20.2 Å². The Morgan fingerprint density at radius 3 is 2.93 bits per heavy atom. The van der Waals surface area contributed by atoms with Crippen LogP contribution in [-0.2, 0) is 6.42 Å². The summed E-state index contributed by atoms with van der Waals surface area (Å²) in [5.41, 5.74) is 8.27. The Labute approximate surface area is 162 Å². The number of amides is 1. The number of pyridine rings is 1. The number of nitrogen functional groups attached to an aromatic ring is 1. The van der Waals surface area contributed by atoms with Gasteiger partial charge >= 0.3 is 6.55 Å². The number of nitrogens with one attached hydrogen (secondary N) is 1. The van der Waals surface area contributed by atoms with Crippen LogP contribution in [0.4, 0.5) is 14.6 Å². The van der Waals surface area contributed by atoms with Gasteiger partial charge in [-0.25, -0.2) is 9.50 Å². The Hall–Kier alpha value is -3.76. The summed E-state index contributed by atoms with van der Waals surface area (Å²) in [7, 11) is 0. The van der Waals surface area contributed by atoms with Gasteiger partial charge < -0.3 is 15.6 Å². The van der Waals surface area contributed by atoms with Gasteiger partial charge in [0.1, 0.15) is 17.6 Å². The molecule has 148 valence electrons. The first kappa shape index (κ1) is 17.3. The molecular weight excluding hydrogens is 382 g/mol. The molecule has 3 N–H and O–H groups in total. The Kier molecular flexibility index (Phi) is 3.83. The number of imidazole rings is 1. The molecule has 0 saturated heterocycles. The molecule has 0 bridgehead atoms. The lowest BCUT2D eigenvalue weighted by Gasteiger charge is -2.33. The number of hydrogen-bond donors (Lipinski definition) is 2. The minimum absolute atomic E-state index is 0.143. The molecule has 11 heteroatoms. The third kappa shape index (κ3) is 2.73. The van der Waals surface area contributed by atoms with E-state index in [9.17, 15) is 13.6 Å². The van der Waals surface area contributed by atoms with Gasteiger partial charge in [-0.3, -0.25) is 4.79 Å². The molecule has 0 saturated carbocycles.